The number of aromatic amines is 1. The highest BCUT2D eigenvalue weighted by Gasteiger charge is 2.36. The molecule has 2 heterocycles. The third-order valence-corrected chi connectivity index (χ3v) is 4.85. The molecule has 33 heavy (non-hydrogen) atoms. The van der Waals surface area contributed by atoms with E-state index in [4.69, 9.17) is 14.2 Å². The Balaban J connectivity index is 1.57. The van der Waals surface area contributed by atoms with Crippen molar-refractivity contribution >= 4 is 17.5 Å². The molecule has 1 fully saturated rings. The molecule has 15 heteroatoms. The third kappa shape index (κ3) is 5.39. The average molecular weight is 466 g/mol. The van der Waals surface area contributed by atoms with Gasteiger partial charge >= 0.3 is 11.8 Å². The summed E-state index contributed by atoms with van der Waals surface area (Å²) in [7, 11) is 0. The van der Waals surface area contributed by atoms with Gasteiger partial charge in [-0.05, 0) is 13.0 Å². The van der Waals surface area contributed by atoms with Crippen molar-refractivity contribution in [1.82, 2.24) is 9.55 Å². The summed E-state index contributed by atoms with van der Waals surface area (Å²) in [6, 6.07) is 2.86. The van der Waals surface area contributed by atoms with Crippen LogP contribution >= 0.6 is 0 Å². The molecule has 2 N–H and O–H groups in total. The molecule has 0 spiro atoms. The first-order chi connectivity index (χ1) is 15.6. The molecule has 0 saturated carbocycles. The number of nitrogens with zero attached hydrogens (tertiary/aromatic N) is 3. The topological polar surface area (TPSA) is 206 Å². The predicted octanol–water partition coefficient (Wildman–Crippen LogP) is 0.663. The predicted molar refractivity (Wildman–Crippen MR) is 106 cm³/mol. The Morgan fingerprint density at radius 2 is 2.00 bits per heavy atom. The van der Waals surface area contributed by atoms with Crippen molar-refractivity contribution in [3.8, 4) is 0 Å². The van der Waals surface area contributed by atoms with Crippen LogP contribution in [-0.4, -0.2) is 49.5 Å². The molecular formula is C18H18N4O11. The number of aromatic nitrogens is 2. The number of benzene rings is 1. The molecule has 1 aliphatic rings. The third-order valence-electron chi connectivity index (χ3n) is 4.85. The van der Waals surface area contributed by atoms with Gasteiger partial charge in [-0.15, -0.1) is 0 Å². The minimum absolute atomic E-state index is 0.0105. The summed E-state index contributed by atoms with van der Waals surface area (Å²) in [4.78, 5) is 57.7. The fraction of sp³-hybridized carbons (Fsp3) is 0.389. The van der Waals surface area contributed by atoms with Crippen LogP contribution in [0.3, 0.4) is 0 Å². The first kappa shape index (κ1) is 23.6. The van der Waals surface area contributed by atoms with E-state index in [0.29, 0.717) is 0 Å². The Labute approximate surface area is 183 Å². The van der Waals surface area contributed by atoms with E-state index >= 15 is 0 Å². The number of aryl methyl sites for hydroxylation is 1. The van der Waals surface area contributed by atoms with Crippen molar-refractivity contribution in [1.29, 1.82) is 0 Å². The number of nitro benzene ring substituents is 2. The molecule has 3 atom stereocenters. The molecule has 1 aliphatic heterocycles. The number of hydrogen-bond acceptors (Lipinski definition) is 11. The molecule has 2 aromatic rings. The first-order valence-electron chi connectivity index (χ1n) is 9.43. The van der Waals surface area contributed by atoms with Crippen molar-refractivity contribution in [2.45, 2.75) is 38.4 Å². The van der Waals surface area contributed by atoms with Gasteiger partial charge in [0.05, 0.1) is 27.6 Å². The van der Waals surface area contributed by atoms with Gasteiger partial charge in [0.1, 0.15) is 25.5 Å². The van der Waals surface area contributed by atoms with Gasteiger partial charge in [-0.1, -0.05) is 0 Å². The molecule has 176 valence electrons. The maximum Gasteiger partial charge on any atom is 0.508 e. The smallest absolute Gasteiger partial charge is 0.431 e. The summed E-state index contributed by atoms with van der Waals surface area (Å²) in [6.07, 6.45) is -2.96. The van der Waals surface area contributed by atoms with Crippen LogP contribution in [0.5, 0.6) is 0 Å². The number of aliphatic hydroxyl groups excluding tert-OH is 1. The number of rotatable bonds is 7. The van der Waals surface area contributed by atoms with Gasteiger partial charge in [-0.3, -0.25) is 34.6 Å². The van der Waals surface area contributed by atoms with E-state index < -0.39 is 70.3 Å². The van der Waals surface area contributed by atoms with Crippen molar-refractivity contribution in [2.24, 2.45) is 0 Å². The monoisotopic (exact) mass is 466 g/mol. The number of aliphatic hydroxyl groups is 1. The van der Waals surface area contributed by atoms with Gasteiger partial charge in [0.15, 0.2) is 0 Å². The number of carbonyl (C=O) groups is 1. The first-order valence-corrected chi connectivity index (χ1v) is 9.43. The standard InChI is InChI=1S/C18H18N4O11/c1-9-6-20(17(25)19-16(9)24)15-5-13(23)14(33-15)8-32-18(26)31-7-10-2-3-11(21(27)28)4-12(10)22(29)30/h2-4,6,13-15,23H,5,7-8H2,1H3,(H,19,24,25)/t13-,14+,15+/m0/s1. The van der Waals surface area contributed by atoms with Crippen LogP contribution in [0, 0.1) is 27.2 Å². The lowest BCUT2D eigenvalue weighted by molar-refractivity contribution is -0.394. The number of carbonyl (C=O) groups excluding carboxylic acids is 1. The van der Waals surface area contributed by atoms with Gasteiger partial charge in [0.25, 0.3) is 16.9 Å². The summed E-state index contributed by atoms with van der Waals surface area (Å²) in [5.74, 6) is 0. The van der Waals surface area contributed by atoms with Crippen LogP contribution in [0.4, 0.5) is 16.2 Å². The Hall–Kier alpha value is -4.11. The minimum atomic E-state index is -1.22. The van der Waals surface area contributed by atoms with E-state index in [9.17, 15) is 39.7 Å². The number of ether oxygens (including phenoxy) is 3. The van der Waals surface area contributed by atoms with Gasteiger partial charge in [0, 0.05) is 24.2 Å². The average Bonchev–Trinajstić information content (AvgIpc) is 3.13. The van der Waals surface area contributed by atoms with Gasteiger partial charge in [0.2, 0.25) is 0 Å². The molecule has 0 bridgehead atoms. The van der Waals surface area contributed by atoms with Crippen LogP contribution < -0.4 is 11.2 Å². The van der Waals surface area contributed by atoms with Crippen molar-refractivity contribution < 1.29 is 34.0 Å². The lowest BCUT2D eigenvalue weighted by Crippen LogP contribution is -2.33. The highest BCUT2D eigenvalue weighted by Crippen LogP contribution is 2.28. The maximum absolute atomic E-state index is 12.0. The van der Waals surface area contributed by atoms with Crippen molar-refractivity contribution in [3.63, 3.8) is 0 Å². The SMILES string of the molecule is Cc1cn([C@H]2C[C@H](O)[C@@H](COC(=O)OCc3ccc([N+](=O)[O-])cc3[N+](=O)[O-])O2)c(=O)[nH]c1=O. The summed E-state index contributed by atoms with van der Waals surface area (Å²) in [5, 5.41) is 32.0. The normalized spacial score (nSPS) is 19.8. The van der Waals surface area contributed by atoms with Crippen molar-refractivity contribution in [3.05, 3.63) is 76.6 Å². The van der Waals surface area contributed by atoms with Gasteiger partial charge in [-0.2, -0.15) is 0 Å². The second-order valence-corrected chi connectivity index (χ2v) is 7.09. The van der Waals surface area contributed by atoms with Crippen LogP contribution in [0.2, 0.25) is 0 Å². The zero-order chi connectivity index (χ0) is 24.3. The van der Waals surface area contributed by atoms with E-state index in [2.05, 4.69) is 4.98 Å². The number of H-pyrrole nitrogens is 1. The van der Waals surface area contributed by atoms with Gasteiger partial charge in [-0.25, -0.2) is 9.59 Å². The number of nitro groups is 2. The Kier molecular flexibility index (Phi) is 6.83. The van der Waals surface area contributed by atoms with Crippen LogP contribution in [-0.2, 0) is 20.8 Å². The molecule has 1 aromatic carbocycles. The number of nitrogens with one attached hydrogen (secondary N) is 1. The number of hydrogen-bond donors (Lipinski definition) is 2. The lowest BCUT2D eigenvalue weighted by atomic mass is 10.2. The van der Waals surface area contributed by atoms with E-state index in [-0.39, 0.29) is 17.5 Å². The Morgan fingerprint density at radius 1 is 1.27 bits per heavy atom. The minimum Gasteiger partial charge on any atom is -0.431 e. The molecule has 15 nitrogen and oxygen atoms in total. The highest BCUT2D eigenvalue weighted by molar-refractivity contribution is 5.60. The highest BCUT2D eigenvalue weighted by atomic mass is 16.7. The summed E-state index contributed by atoms with van der Waals surface area (Å²) >= 11 is 0. The fourth-order valence-corrected chi connectivity index (χ4v) is 3.12. The molecule has 1 saturated heterocycles. The van der Waals surface area contributed by atoms with E-state index in [1.807, 2.05) is 0 Å². The summed E-state index contributed by atoms with van der Waals surface area (Å²) in [5.41, 5.74) is -2.20. The largest absolute Gasteiger partial charge is 0.508 e. The summed E-state index contributed by atoms with van der Waals surface area (Å²) in [6.45, 7) is 0.456. The fourth-order valence-electron chi connectivity index (χ4n) is 3.12. The van der Waals surface area contributed by atoms with Crippen molar-refractivity contribution in [2.75, 3.05) is 6.61 Å². The molecule has 0 amide bonds. The maximum atomic E-state index is 12.0. The van der Waals surface area contributed by atoms with Crippen LogP contribution in [0.15, 0.2) is 34.0 Å². The molecule has 1 aromatic heterocycles. The van der Waals surface area contributed by atoms with Gasteiger partial charge < -0.3 is 19.3 Å². The molecule has 3 rings (SSSR count). The van der Waals surface area contributed by atoms with E-state index in [1.54, 1.807) is 0 Å². The Morgan fingerprint density at radius 3 is 2.67 bits per heavy atom. The second kappa shape index (κ2) is 9.58. The second-order valence-electron chi connectivity index (χ2n) is 7.09. The molecule has 0 unspecified atom stereocenters. The zero-order valence-corrected chi connectivity index (χ0v) is 17.0. The zero-order valence-electron chi connectivity index (χ0n) is 17.0. The lowest BCUT2D eigenvalue weighted by Gasteiger charge is -2.16. The molecule has 0 radical (unpaired) electrons. The van der Waals surface area contributed by atoms with Crippen LogP contribution in [0.25, 0.3) is 0 Å². The Bertz CT molecular complexity index is 1200. The summed E-state index contributed by atoms with van der Waals surface area (Å²) < 4.78 is 16.3. The molecular weight excluding hydrogens is 448 g/mol. The quantitative estimate of drug-likeness (QED) is 0.329. The van der Waals surface area contributed by atoms with E-state index in [1.165, 1.54) is 13.1 Å². The molecule has 0 aliphatic carbocycles. The number of non-ortho nitro benzene ring substituents is 1. The van der Waals surface area contributed by atoms with E-state index in [0.717, 1.165) is 22.8 Å². The van der Waals surface area contributed by atoms with Crippen LogP contribution in [0.1, 0.15) is 23.8 Å².